The summed E-state index contributed by atoms with van der Waals surface area (Å²) in [6.45, 7) is 4.93. The van der Waals surface area contributed by atoms with Crippen LogP contribution in [0, 0.1) is 0 Å². The fraction of sp³-hybridized carbons (Fsp3) is 0.600. The maximum atomic E-state index is 9.09. The minimum atomic E-state index is -0.322. The topological polar surface area (TPSA) is 71.0 Å². The second kappa shape index (κ2) is 6.92. The van der Waals surface area contributed by atoms with Crippen molar-refractivity contribution >= 4 is 0 Å². The Labute approximate surface area is 119 Å². The van der Waals surface area contributed by atoms with E-state index in [-0.39, 0.29) is 25.4 Å². The highest BCUT2D eigenvalue weighted by molar-refractivity contribution is 5.48. The predicted octanol–water partition coefficient (Wildman–Crippen LogP) is 0.851. The van der Waals surface area contributed by atoms with Gasteiger partial charge in [-0.15, -0.1) is 0 Å². The Kier molecular flexibility index (Phi) is 5.23. The molecule has 1 aliphatic heterocycles. The van der Waals surface area contributed by atoms with E-state index in [4.69, 9.17) is 19.7 Å². The van der Waals surface area contributed by atoms with Crippen LogP contribution in [-0.2, 0) is 13.0 Å². The molecule has 0 fully saturated rings. The van der Waals surface area contributed by atoms with Gasteiger partial charge in [-0.3, -0.25) is 0 Å². The van der Waals surface area contributed by atoms with E-state index in [1.54, 1.807) is 0 Å². The summed E-state index contributed by atoms with van der Waals surface area (Å²) < 4.78 is 11.4. The Morgan fingerprint density at radius 3 is 2.80 bits per heavy atom. The van der Waals surface area contributed by atoms with E-state index >= 15 is 0 Å². The van der Waals surface area contributed by atoms with Gasteiger partial charge >= 0.3 is 0 Å². The molecule has 112 valence electrons. The lowest BCUT2D eigenvalue weighted by atomic mass is 10.1. The number of nitrogens with one attached hydrogen (secondary N) is 1. The van der Waals surface area contributed by atoms with E-state index < -0.39 is 0 Å². The molecule has 0 saturated heterocycles. The van der Waals surface area contributed by atoms with Crippen molar-refractivity contribution in [2.24, 2.45) is 0 Å². The Morgan fingerprint density at radius 1 is 1.40 bits per heavy atom. The van der Waals surface area contributed by atoms with Crippen LogP contribution >= 0.6 is 0 Å². The average Bonchev–Trinajstić information content (AvgIpc) is 2.79. The van der Waals surface area contributed by atoms with Gasteiger partial charge in [0.25, 0.3) is 0 Å². The normalized spacial score (nSPS) is 17.1. The molecule has 1 atom stereocenters. The molecule has 0 aliphatic carbocycles. The van der Waals surface area contributed by atoms with Gasteiger partial charge in [-0.1, -0.05) is 0 Å². The molecule has 0 radical (unpaired) electrons. The second-order valence-electron chi connectivity index (χ2n) is 5.08. The van der Waals surface area contributed by atoms with Crippen LogP contribution in [0.25, 0.3) is 0 Å². The van der Waals surface area contributed by atoms with Crippen molar-refractivity contribution in [3.05, 3.63) is 23.3 Å². The second-order valence-corrected chi connectivity index (χ2v) is 5.08. The summed E-state index contributed by atoms with van der Waals surface area (Å²) in [5.74, 6) is 1.74. The maximum absolute atomic E-state index is 9.09. The lowest BCUT2D eigenvalue weighted by molar-refractivity contribution is 0.170. The minimum Gasteiger partial charge on any atom is -0.494 e. The van der Waals surface area contributed by atoms with Crippen LogP contribution in [0.3, 0.4) is 0 Å². The molecule has 2 rings (SSSR count). The van der Waals surface area contributed by atoms with Gasteiger partial charge in [0.05, 0.1) is 25.9 Å². The summed E-state index contributed by atoms with van der Waals surface area (Å²) in [6, 6.07) is 3.70. The summed E-state index contributed by atoms with van der Waals surface area (Å²) >= 11 is 0. The molecular formula is C15H23NO4. The standard InChI is InChI=1S/C15H23NO4/c1-3-19-14-5-11-4-10(2)20-15(11)6-12(14)7-16-13(8-17)9-18/h5-6,10,13,16-18H,3-4,7-9H2,1-2H3. The molecule has 1 aliphatic rings. The fourth-order valence-corrected chi connectivity index (χ4v) is 2.35. The third-order valence-corrected chi connectivity index (χ3v) is 3.40. The summed E-state index contributed by atoms with van der Waals surface area (Å²) in [5, 5.41) is 21.3. The SMILES string of the molecule is CCOc1cc2c(cc1CNC(CO)CO)OC(C)C2. The average molecular weight is 281 g/mol. The first-order valence-electron chi connectivity index (χ1n) is 7.08. The van der Waals surface area contributed by atoms with E-state index in [2.05, 4.69) is 5.32 Å². The molecule has 20 heavy (non-hydrogen) atoms. The van der Waals surface area contributed by atoms with Crippen LogP contribution in [0.1, 0.15) is 25.0 Å². The van der Waals surface area contributed by atoms with Crippen molar-refractivity contribution < 1.29 is 19.7 Å². The molecule has 0 saturated carbocycles. The zero-order chi connectivity index (χ0) is 14.5. The number of fused-ring (bicyclic) bond motifs is 1. The molecule has 1 heterocycles. The first-order chi connectivity index (χ1) is 9.67. The van der Waals surface area contributed by atoms with Crippen molar-refractivity contribution in [2.45, 2.75) is 39.0 Å². The Bertz CT molecular complexity index is 446. The van der Waals surface area contributed by atoms with E-state index in [9.17, 15) is 0 Å². The summed E-state index contributed by atoms with van der Waals surface area (Å²) in [6.07, 6.45) is 1.10. The van der Waals surface area contributed by atoms with Gasteiger partial charge in [-0.05, 0) is 26.0 Å². The zero-order valence-electron chi connectivity index (χ0n) is 12.1. The highest BCUT2D eigenvalue weighted by Gasteiger charge is 2.22. The van der Waals surface area contributed by atoms with E-state index in [1.807, 2.05) is 26.0 Å². The van der Waals surface area contributed by atoms with Gasteiger partial charge in [0, 0.05) is 24.1 Å². The van der Waals surface area contributed by atoms with Gasteiger partial charge < -0.3 is 25.0 Å². The number of ether oxygens (including phenoxy) is 2. The first-order valence-corrected chi connectivity index (χ1v) is 7.08. The first kappa shape index (κ1) is 15.1. The van der Waals surface area contributed by atoms with Gasteiger partial charge in [-0.25, -0.2) is 0 Å². The van der Waals surface area contributed by atoms with Crippen LogP contribution in [0.5, 0.6) is 11.5 Å². The molecule has 5 heteroatoms. The molecule has 3 N–H and O–H groups in total. The Hall–Kier alpha value is -1.30. The number of aliphatic hydroxyl groups excluding tert-OH is 2. The van der Waals surface area contributed by atoms with E-state index in [1.165, 1.54) is 5.56 Å². The molecule has 1 aromatic rings. The lowest BCUT2D eigenvalue weighted by Gasteiger charge is -2.16. The smallest absolute Gasteiger partial charge is 0.124 e. The van der Waals surface area contributed by atoms with Gasteiger partial charge in [0.2, 0.25) is 0 Å². The Balaban J connectivity index is 2.16. The third kappa shape index (κ3) is 3.42. The van der Waals surface area contributed by atoms with E-state index in [0.717, 1.165) is 23.5 Å². The van der Waals surface area contributed by atoms with E-state index in [0.29, 0.717) is 13.2 Å². The van der Waals surface area contributed by atoms with Gasteiger partial charge in [0.15, 0.2) is 0 Å². The summed E-state index contributed by atoms with van der Waals surface area (Å²) in [4.78, 5) is 0. The highest BCUT2D eigenvalue weighted by atomic mass is 16.5. The van der Waals surface area contributed by atoms with Gasteiger partial charge in [0.1, 0.15) is 17.6 Å². The quantitative estimate of drug-likeness (QED) is 0.691. The number of rotatable bonds is 7. The Morgan fingerprint density at radius 2 is 2.15 bits per heavy atom. The largest absolute Gasteiger partial charge is 0.494 e. The van der Waals surface area contributed by atoms with Crippen molar-refractivity contribution in [3.8, 4) is 11.5 Å². The predicted molar refractivity (Wildman–Crippen MR) is 76.2 cm³/mol. The van der Waals surface area contributed by atoms with Crippen LogP contribution in [0.15, 0.2) is 12.1 Å². The zero-order valence-corrected chi connectivity index (χ0v) is 12.1. The minimum absolute atomic E-state index is 0.0983. The number of hydrogen-bond donors (Lipinski definition) is 3. The van der Waals surface area contributed by atoms with Crippen LogP contribution in [-0.4, -0.2) is 42.2 Å². The number of benzene rings is 1. The fourth-order valence-electron chi connectivity index (χ4n) is 2.35. The van der Waals surface area contributed by atoms with Crippen molar-refractivity contribution in [1.29, 1.82) is 0 Å². The maximum Gasteiger partial charge on any atom is 0.124 e. The molecule has 0 aromatic heterocycles. The van der Waals surface area contributed by atoms with Crippen molar-refractivity contribution in [2.75, 3.05) is 19.8 Å². The van der Waals surface area contributed by atoms with Crippen molar-refractivity contribution in [3.63, 3.8) is 0 Å². The number of hydrogen-bond acceptors (Lipinski definition) is 5. The third-order valence-electron chi connectivity index (χ3n) is 3.40. The molecule has 0 spiro atoms. The van der Waals surface area contributed by atoms with Crippen LogP contribution in [0.2, 0.25) is 0 Å². The van der Waals surface area contributed by atoms with Gasteiger partial charge in [-0.2, -0.15) is 0 Å². The highest BCUT2D eigenvalue weighted by Crippen LogP contribution is 2.35. The summed E-state index contributed by atoms with van der Waals surface area (Å²) in [7, 11) is 0. The monoisotopic (exact) mass is 281 g/mol. The van der Waals surface area contributed by atoms with Crippen LogP contribution in [0.4, 0.5) is 0 Å². The van der Waals surface area contributed by atoms with Crippen molar-refractivity contribution in [1.82, 2.24) is 5.32 Å². The molecule has 1 unspecified atom stereocenters. The molecular weight excluding hydrogens is 258 g/mol. The molecule has 1 aromatic carbocycles. The van der Waals surface area contributed by atoms with Crippen LogP contribution < -0.4 is 14.8 Å². The number of aliphatic hydroxyl groups is 2. The molecule has 0 amide bonds. The lowest BCUT2D eigenvalue weighted by Crippen LogP contribution is -2.35. The summed E-state index contributed by atoms with van der Waals surface area (Å²) in [5.41, 5.74) is 2.15. The molecule has 0 bridgehead atoms. The molecule has 5 nitrogen and oxygen atoms in total.